The highest BCUT2D eigenvalue weighted by atomic mass is 19.3. The predicted octanol–water partition coefficient (Wildman–Crippen LogP) is 3.78. The summed E-state index contributed by atoms with van der Waals surface area (Å²) in [7, 11) is 0. The number of hydrogen-bond donors (Lipinski definition) is 3. The van der Waals surface area contributed by atoms with Crippen molar-refractivity contribution in [1.29, 1.82) is 0 Å². The van der Waals surface area contributed by atoms with Crippen molar-refractivity contribution in [2.75, 3.05) is 19.7 Å². The molecule has 0 aliphatic heterocycles. The fraction of sp³-hybridized carbons (Fsp3) is 0.400. The van der Waals surface area contributed by atoms with Crippen LogP contribution in [-0.4, -0.2) is 48.7 Å². The number of carboxylic acids is 1. The van der Waals surface area contributed by atoms with Crippen LogP contribution in [-0.2, 0) is 14.3 Å². The number of halogens is 2. The van der Waals surface area contributed by atoms with Crippen LogP contribution < -0.4 is 10.6 Å². The van der Waals surface area contributed by atoms with Gasteiger partial charge in [0.25, 0.3) is 5.91 Å². The topological polar surface area (TPSA) is 105 Å². The molecule has 3 N–H and O–H groups in total. The van der Waals surface area contributed by atoms with Gasteiger partial charge in [0.2, 0.25) is 0 Å². The van der Waals surface area contributed by atoms with Gasteiger partial charge in [0.15, 0.2) is 0 Å². The van der Waals surface area contributed by atoms with Gasteiger partial charge in [0.05, 0.1) is 12.5 Å². The molecule has 0 radical (unpaired) electrons. The number of carbonyl (C=O) groups is 3. The van der Waals surface area contributed by atoms with Gasteiger partial charge in [-0.15, -0.1) is 0 Å². The normalized spacial score (nSPS) is 19.2. The Bertz CT molecular complexity index is 1040. The number of alkyl halides is 2. The van der Waals surface area contributed by atoms with Crippen LogP contribution in [0.15, 0.2) is 48.5 Å². The number of nitrogens with one attached hydrogen (secondary N) is 2. The SMILES string of the molecule is O=C(NCC(F)(F)C(=O)NC[C@@H]1CCC[C@@H]1C(=O)O)OCC1c2ccccc2-c2ccccc21. The molecule has 9 heteroatoms. The van der Waals surface area contributed by atoms with Crippen LogP contribution in [0.3, 0.4) is 0 Å². The van der Waals surface area contributed by atoms with E-state index < -0.39 is 36.4 Å². The molecule has 7 nitrogen and oxygen atoms in total. The maximum Gasteiger partial charge on any atom is 0.407 e. The Kier molecular flexibility index (Phi) is 6.81. The largest absolute Gasteiger partial charge is 0.481 e. The van der Waals surface area contributed by atoms with Gasteiger partial charge in [-0.3, -0.25) is 9.59 Å². The summed E-state index contributed by atoms with van der Waals surface area (Å²) in [4.78, 5) is 35.3. The lowest BCUT2D eigenvalue weighted by Crippen LogP contribution is -2.49. The number of benzene rings is 2. The van der Waals surface area contributed by atoms with Gasteiger partial charge in [-0.05, 0) is 41.0 Å². The summed E-state index contributed by atoms with van der Waals surface area (Å²) in [6.07, 6.45) is 0.657. The molecule has 2 aromatic rings. The number of carboxylic acid groups (broad SMARTS) is 1. The van der Waals surface area contributed by atoms with E-state index in [0.717, 1.165) is 22.3 Å². The van der Waals surface area contributed by atoms with E-state index >= 15 is 0 Å². The lowest BCUT2D eigenvalue weighted by atomic mass is 9.96. The first kappa shape index (κ1) is 23.7. The third-order valence-electron chi connectivity index (χ3n) is 6.63. The maximum absolute atomic E-state index is 14.2. The maximum atomic E-state index is 14.2. The highest BCUT2D eigenvalue weighted by molar-refractivity contribution is 5.84. The summed E-state index contributed by atoms with van der Waals surface area (Å²) >= 11 is 0. The first-order valence-corrected chi connectivity index (χ1v) is 11.3. The second kappa shape index (κ2) is 9.79. The number of fused-ring (bicyclic) bond motifs is 3. The number of ether oxygens (including phenoxy) is 1. The quantitative estimate of drug-likeness (QED) is 0.543. The molecule has 2 aromatic carbocycles. The molecule has 2 atom stereocenters. The van der Waals surface area contributed by atoms with Crippen molar-refractivity contribution >= 4 is 18.0 Å². The molecule has 2 aliphatic rings. The Morgan fingerprint density at radius 2 is 1.59 bits per heavy atom. The average Bonchev–Trinajstić information content (AvgIpc) is 3.43. The van der Waals surface area contributed by atoms with Crippen LogP contribution in [0, 0.1) is 11.8 Å². The minimum absolute atomic E-state index is 0.0319. The van der Waals surface area contributed by atoms with Gasteiger partial charge < -0.3 is 20.5 Å². The van der Waals surface area contributed by atoms with Gasteiger partial charge in [-0.2, -0.15) is 8.78 Å². The van der Waals surface area contributed by atoms with E-state index in [-0.39, 0.29) is 25.0 Å². The minimum Gasteiger partial charge on any atom is -0.481 e. The molecule has 1 fully saturated rings. The molecule has 0 aromatic heterocycles. The summed E-state index contributed by atoms with van der Waals surface area (Å²) in [6, 6.07) is 15.5. The lowest BCUT2D eigenvalue weighted by Gasteiger charge is -2.20. The predicted molar refractivity (Wildman–Crippen MR) is 119 cm³/mol. The number of alkyl carbamates (subject to hydrolysis) is 1. The zero-order valence-corrected chi connectivity index (χ0v) is 18.4. The van der Waals surface area contributed by atoms with E-state index in [9.17, 15) is 23.2 Å². The third-order valence-corrected chi connectivity index (χ3v) is 6.63. The first-order valence-electron chi connectivity index (χ1n) is 11.3. The highest BCUT2D eigenvalue weighted by Gasteiger charge is 2.41. The van der Waals surface area contributed by atoms with Crippen LogP contribution >= 0.6 is 0 Å². The molecule has 180 valence electrons. The van der Waals surface area contributed by atoms with Crippen LogP contribution in [0.5, 0.6) is 0 Å². The number of rotatable bonds is 8. The molecule has 0 heterocycles. The monoisotopic (exact) mass is 472 g/mol. The molecule has 0 spiro atoms. The summed E-state index contributed by atoms with van der Waals surface area (Å²) in [5, 5.41) is 13.3. The molecule has 0 saturated heterocycles. The van der Waals surface area contributed by atoms with Crippen molar-refractivity contribution in [2.24, 2.45) is 11.8 Å². The second-order valence-corrected chi connectivity index (χ2v) is 8.73. The smallest absolute Gasteiger partial charge is 0.407 e. The van der Waals surface area contributed by atoms with E-state index in [1.807, 2.05) is 53.8 Å². The molecule has 34 heavy (non-hydrogen) atoms. The number of carbonyl (C=O) groups excluding carboxylic acids is 2. The summed E-state index contributed by atoms with van der Waals surface area (Å²) in [5.74, 6) is -7.64. The second-order valence-electron chi connectivity index (χ2n) is 8.73. The van der Waals surface area contributed by atoms with Crippen LogP contribution in [0.1, 0.15) is 36.3 Å². The van der Waals surface area contributed by atoms with Crippen LogP contribution in [0.2, 0.25) is 0 Å². The average molecular weight is 472 g/mol. The number of hydrogen-bond acceptors (Lipinski definition) is 4. The van der Waals surface area contributed by atoms with Crippen LogP contribution in [0.25, 0.3) is 11.1 Å². The number of aliphatic carboxylic acids is 1. The van der Waals surface area contributed by atoms with Crippen molar-refractivity contribution in [1.82, 2.24) is 10.6 Å². The standard InChI is InChI=1S/C25H26F2N2O5/c26-25(27,23(32)28-12-15-6-5-11-16(15)22(30)31)14-29-24(33)34-13-21-19-9-3-1-7-17(19)18-8-2-4-10-20(18)21/h1-4,7-10,15-16,21H,5-6,11-14H2,(H,28,32)(H,29,33)(H,30,31)/t15-,16-/m0/s1. The van der Waals surface area contributed by atoms with Gasteiger partial charge in [-0.25, -0.2) is 4.79 Å². The molecular weight excluding hydrogens is 446 g/mol. The zero-order valence-electron chi connectivity index (χ0n) is 18.4. The summed E-state index contributed by atoms with van der Waals surface area (Å²) < 4.78 is 33.7. The summed E-state index contributed by atoms with van der Waals surface area (Å²) in [6.45, 7) is -1.39. The molecule has 2 amide bonds. The highest BCUT2D eigenvalue weighted by Crippen LogP contribution is 2.44. The molecule has 1 saturated carbocycles. The molecule has 0 unspecified atom stereocenters. The third kappa shape index (κ3) is 4.88. The van der Waals surface area contributed by atoms with Crippen molar-refractivity contribution in [3.05, 3.63) is 59.7 Å². The Morgan fingerprint density at radius 1 is 0.971 bits per heavy atom. The molecule has 2 aliphatic carbocycles. The Morgan fingerprint density at radius 3 is 2.21 bits per heavy atom. The van der Waals surface area contributed by atoms with Crippen LogP contribution in [0.4, 0.5) is 13.6 Å². The number of amides is 2. The van der Waals surface area contributed by atoms with Gasteiger partial charge in [0.1, 0.15) is 6.61 Å². The first-order chi connectivity index (χ1) is 16.3. The summed E-state index contributed by atoms with van der Waals surface area (Å²) in [5.41, 5.74) is 4.07. The van der Waals surface area contributed by atoms with E-state index in [0.29, 0.717) is 19.3 Å². The fourth-order valence-electron chi connectivity index (χ4n) is 4.87. The van der Waals surface area contributed by atoms with Crippen molar-refractivity contribution in [3.8, 4) is 11.1 Å². The van der Waals surface area contributed by atoms with Gasteiger partial charge in [0, 0.05) is 12.5 Å². The van der Waals surface area contributed by atoms with Crippen molar-refractivity contribution in [3.63, 3.8) is 0 Å². The lowest BCUT2D eigenvalue weighted by molar-refractivity contribution is -0.146. The van der Waals surface area contributed by atoms with E-state index in [1.165, 1.54) is 0 Å². The zero-order chi connectivity index (χ0) is 24.3. The minimum atomic E-state index is -3.86. The fourth-order valence-corrected chi connectivity index (χ4v) is 4.87. The Balaban J connectivity index is 1.27. The molecule has 0 bridgehead atoms. The van der Waals surface area contributed by atoms with Gasteiger partial charge in [-0.1, -0.05) is 55.0 Å². The van der Waals surface area contributed by atoms with Gasteiger partial charge >= 0.3 is 18.0 Å². The van der Waals surface area contributed by atoms with E-state index in [1.54, 1.807) is 0 Å². The van der Waals surface area contributed by atoms with E-state index in [2.05, 4.69) is 5.32 Å². The van der Waals surface area contributed by atoms with E-state index in [4.69, 9.17) is 9.84 Å². The van der Waals surface area contributed by atoms with Crippen molar-refractivity contribution in [2.45, 2.75) is 31.1 Å². The van der Waals surface area contributed by atoms with Crippen molar-refractivity contribution < 1.29 is 33.0 Å². The Hall–Kier alpha value is -3.49. The molecular formula is C25H26F2N2O5. The Labute approximate surface area is 195 Å². The molecule has 4 rings (SSSR count).